The van der Waals surface area contributed by atoms with E-state index in [4.69, 9.17) is 0 Å². The van der Waals surface area contributed by atoms with Crippen LogP contribution in [0.4, 0.5) is 0 Å². The van der Waals surface area contributed by atoms with Crippen LogP contribution >= 0.6 is 0 Å². The molecule has 0 heterocycles. The van der Waals surface area contributed by atoms with E-state index in [2.05, 4.69) is 32.6 Å². The quantitative estimate of drug-likeness (QED) is 0.158. The van der Waals surface area contributed by atoms with Gasteiger partial charge >= 0.3 is 0 Å². The smallest absolute Gasteiger partial charge is 0.0114 e. The number of unbranched alkanes of at least 4 members (excludes halogenated alkanes) is 16. The van der Waals surface area contributed by atoms with Crippen molar-refractivity contribution in [2.75, 3.05) is 0 Å². The molecular weight excluding hydrogens is 312 g/mol. The van der Waals surface area contributed by atoms with Crippen LogP contribution in [-0.2, 0) is 0 Å². The van der Waals surface area contributed by atoms with Gasteiger partial charge in [-0.1, -0.05) is 124 Å². The van der Waals surface area contributed by atoms with E-state index in [1.165, 1.54) is 116 Å². The van der Waals surface area contributed by atoms with Crippen LogP contribution in [0.1, 0.15) is 149 Å². The first-order valence-corrected chi connectivity index (χ1v) is 12.3. The lowest BCUT2D eigenvalue weighted by Crippen LogP contribution is -1.93. The van der Waals surface area contributed by atoms with Crippen LogP contribution in [0.15, 0.2) is 0 Å². The zero-order chi connectivity index (χ0) is 19.1. The Morgan fingerprint density at radius 3 is 1.42 bits per heavy atom. The molecule has 26 heavy (non-hydrogen) atoms. The molecule has 0 radical (unpaired) electrons. The van der Waals surface area contributed by atoms with E-state index >= 15 is 0 Å². The van der Waals surface area contributed by atoms with Gasteiger partial charge in [-0.15, -0.1) is 11.8 Å². The molecule has 0 saturated heterocycles. The summed E-state index contributed by atoms with van der Waals surface area (Å²) in [7, 11) is 0. The zero-order valence-electron chi connectivity index (χ0n) is 18.7. The van der Waals surface area contributed by atoms with E-state index in [-0.39, 0.29) is 0 Å². The van der Waals surface area contributed by atoms with Gasteiger partial charge in [-0.2, -0.15) is 0 Å². The van der Waals surface area contributed by atoms with Crippen LogP contribution in [0.25, 0.3) is 0 Å². The lowest BCUT2D eigenvalue weighted by atomic mass is 9.99. The van der Waals surface area contributed by atoms with Crippen molar-refractivity contribution in [1.82, 2.24) is 0 Å². The Kier molecular flexibility index (Phi) is 22.2. The van der Waals surface area contributed by atoms with E-state index < -0.39 is 0 Å². The van der Waals surface area contributed by atoms with Crippen molar-refractivity contribution in [2.45, 2.75) is 149 Å². The van der Waals surface area contributed by atoms with Gasteiger partial charge in [-0.05, 0) is 18.8 Å². The summed E-state index contributed by atoms with van der Waals surface area (Å²) in [5.74, 6) is 7.61. The van der Waals surface area contributed by atoms with Crippen LogP contribution in [0.3, 0.4) is 0 Å². The molecule has 0 aliphatic heterocycles. The maximum absolute atomic E-state index is 3.42. The summed E-state index contributed by atoms with van der Waals surface area (Å²) >= 11 is 0. The number of rotatable bonds is 19. The van der Waals surface area contributed by atoms with Crippen LogP contribution in [0.5, 0.6) is 0 Å². The molecule has 0 aromatic heterocycles. The highest BCUT2D eigenvalue weighted by molar-refractivity contribution is 4.99. The van der Waals surface area contributed by atoms with Crippen molar-refractivity contribution in [3.63, 3.8) is 0 Å². The van der Waals surface area contributed by atoms with Gasteiger partial charge in [0.15, 0.2) is 0 Å². The second-order valence-electron chi connectivity index (χ2n) is 8.50. The first kappa shape index (κ1) is 25.6. The number of hydrogen-bond acceptors (Lipinski definition) is 0. The summed E-state index contributed by atoms with van der Waals surface area (Å²) in [6, 6.07) is 0. The third-order valence-electron chi connectivity index (χ3n) is 5.53. The van der Waals surface area contributed by atoms with Gasteiger partial charge < -0.3 is 0 Å². The molecule has 0 aromatic rings. The fourth-order valence-electron chi connectivity index (χ4n) is 3.59. The predicted octanol–water partition coefficient (Wildman–Crippen LogP) is 9.47. The minimum absolute atomic E-state index is 0.797. The van der Waals surface area contributed by atoms with E-state index in [1.807, 2.05) is 0 Å². The predicted molar refractivity (Wildman–Crippen MR) is 121 cm³/mol. The first-order chi connectivity index (χ1) is 12.8. The van der Waals surface area contributed by atoms with Crippen molar-refractivity contribution in [1.29, 1.82) is 0 Å². The largest absolute Gasteiger partial charge is 0.103 e. The van der Waals surface area contributed by atoms with Crippen LogP contribution < -0.4 is 0 Å². The molecule has 0 aliphatic rings. The third-order valence-corrected chi connectivity index (χ3v) is 5.53. The van der Waals surface area contributed by atoms with Crippen LogP contribution in [0, 0.1) is 17.8 Å². The van der Waals surface area contributed by atoms with E-state index in [1.54, 1.807) is 0 Å². The summed E-state index contributed by atoms with van der Waals surface area (Å²) in [5, 5.41) is 0. The van der Waals surface area contributed by atoms with Gasteiger partial charge in [-0.3, -0.25) is 0 Å². The Bertz CT molecular complexity index is 306. The average Bonchev–Trinajstić information content (AvgIpc) is 2.65. The molecule has 0 aromatic carbocycles. The topological polar surface area (TPSA) is 0 Å². The monoisotopic (exact) mass is 362 g/mol. The highest BCUT2D eigenvalue weighted by atomic mass is 14.1. The summed E-state index contributed by atoms with van der Waals surface area (Å²) in [4.78, 5) is 0. The fourth-order valence-corrected chi connectivity index (χ4v) is 3.59. The van der Waals surface area contributed by atoms with Gasteiger partial charge in [-0.25, -0.2) is 0 Å². The lowest BCUT2D eigenvalue weighted by molar-refractivity contribution is 0.486. The Morgan fingerprint density at radius 1 is 0.500 bits per heavy atom. The average molecular weight is 363 g/mol. The van der Waals surface area contributed by atoms with Gasteiger partial charge in [0.05, 0.1) is 0 Å². The fraction of sp³-hybridized carbons (Fsp3) is 0.923. The molecule has 1 atom stereocenters. The molecule has 0 N–H and O–H groups in total. The van der Waals surface area contributed by atoms with E-state index in [0.29, 0.717) is 0 Å². The standard InChI is InChI=1S/C26H50/c1-4-6-8-10-12-14-15-16-17-19-21-23-25-26(3)24-22-20-18-13-11-9-7-5-2/h26H,4-19,21,23-25H2,1-3H3. The molecule has 0 aliphatic carbocycles. The zero-order valence-corrected chi connectivity index (χ0v) is 18.7. The SMILES string of the molecule is CCCCCCCC#CCC(C)CCCCCCCCCCCCCC. The lowest BCUT2D eigenvalue weighted by Gasteiger charge is -2.07. The Morgan fingerprint density at radius 2 is 0.923 bits per heavy atom. The molecule has 0 amide bonds. The molecule has 0 saturated carbocycles. The Labute approximate surface area is 167 Å². The Balaban J connectivity index is 3.23. The maximum atomic E-state index is 3.42. The summed E-state index contributed by atoms with van der Waals surface area (Å²) in [6.07, 6.45) is 27.8. The van der Waals surface area contributed by atoms with E-state index in [0.717, 1.165) is 18.8 Å². The summed E-state index contributed by atoms with van der Waals surface area (Å²) in [6.45, 7) is 6.96. The summed E-state index contributed by atoms with van der Waals surface area (Å²) in [5.41, 5.74) is 0. The molecule has 0 nitrogen and oxygen atoms in total. The highest BCUT2D eigenvalue weighted by Gasteiger charge is 2.00. The van der Waals surface area contributed by atoms with Crippen molar-refractivity contribution < 1.29 is 0 Å². The minimum Gasteiger partial charge on any atom is -0.103 e. The molecule has 0 heteroatoms. The van der Waals surface area contributed by atoms with Gasteiger partial charge in [0, 0.05) is 12.8 Å². The third kappa shape index (κ3) is 21.6. The highest BCUT2D eigenvalue weighted by Crippen LogP contribution is 2.15. The van der Waals surface area contributed by atoms with Crippen molar-refractivity contribution >= 4 is 0 Å². The molecule has 0 spiro atoms. The maximum Gasteiger partial charge on any atom is 0.0114 e. The second kappa shape index (κ2) is 22.6. The van der Waals surface area contributed by atoms with Crippen LogP contribution in [0.2, 0.25) is 0 Å². The van der Waals surface area contributed by atoms with E-state index in [9.17, 15) is 0 Å². The summed E-state index contributed by atoms with van der Waals surface area (Å²) < 4.78 is 0. The van der Waals surface area contributed by atoms with Gasteiger partial charge in [0.1, 0.15) is 0 Å². The molecule has 0 fully saturated rings. The minimum atomic E-state index is 0.797. The second-order valence-corrected chi connectivity index (χ2v) is 8.50. The molecular formula is C26H50. The molecule has 0 rings (SSSR count). The molecule has 0 bridgehead atoms. The Hall–Kier alpha value is -0.440. The van der Waals surface area contributed by atoms with Gasteiger partial charge in [0.25, 0.3) is 0 Å². The van der Waals surface area contributed by atoms with Crippen molar-refractivity contribution in [3.05, 3.63) is 0 Å². The number of hydrogen-bond donors (Lipinski definition) is 0. The molecule has 1 unspecified atom stereocenters. The normalized spacial score (nSPS) is 12.0. The first-order valence-electron chi connectivity index (χ1n) is 12.3. The molecule has 154 valence electrons. The van der Waals surface area contributed by atoms with Gasteiger partial charge in [0.2, 0.25) is 0 Å². The van der Waals surface area contributed by atoms with Crippen molar-refractivity contribution in [3.8, 4) is 11.8 Å². The van der Waals surface area contributed by atoms with Crippen LogP contribution in [-0.4, -0.2) is 0 Å². The van der Waals surface area contributed by atoms with Crippen molar-refractivity contribution in [2.24, 2.45) is 5.92 Å².